The van der Waals surface area contributed by atoms with Gasteiger partial charge in [0, 0.05) is 6.61 Å². The van der Waals surface area contributed by atoms with Gasteiger partial charge in [0.1, 0.15) is 11.6 Å². The van der Waals surface area contributed by atoms with Crippen molar-refractivity contribution in [2.24, 2.45) is 0 Å². The van der Waals surface area contributed by atoms with E-state index < -0.39 is 17.6 Å². The van der Waals surface area contributed by atoms with Crippen molar-refractivity contribution in [2.45, 2.75) is 44.8 Å². The van der Waals surface area contributed by atoms with Gasteiger partial charge in [-0.15, -0.1) is 0 Å². The summed E-state index contributed by atoms with van der Waals surface area (Å²) in [5, 5.41) is 11.5. The van der Waals surface area contributed by atoms with Crippen molar-refractivity contribution in [3.8, 4) is 0 Å². The molecule has 5 heteroatoms. The van der Waals surface area contributed by atoms with Crippen LogP contribution in [0, 0.1) is 0 Å². The van der Waals surface area contributed by atoms with Crippen LogP contribution >= 0.6 is 0 Å². The zero-order chi connectivity index (χ0) is 11.5. The molecule has 1 heterocycles. The van der Waals surface area contributed by atoms with Crippen molar-refractivity contribution >= 4 is 11.9 Å². The second-order valence-corrected chi connectivity index (χ2v) is 3.98. The van der Waals surface area contributed by atoms with Gasteiger partial charge < -0.3 is 15.2 Å². The fraction of sp³-hybridized carbons (Fsp3) is 0.800. The summed E-state index contributed by atoms with van der Waals surface area (Å²) in [7, 11) is 0. The smallest absolute Gasteiger partial charge is 0.329 e. The number of carbonyl (C=O) groups excluding carboxylic acids is 1. The molecule has 1 fully saturated rings. The zero-order valence-electron chi connectivity index (χ0n) is 9.08. The number of aliphatic carboxylic acids is 1. The molecule has 0 spiro atoms. The maximum Gasteiger partial charge on any atom is 0.329 e. The van der Waals surface area contributed by atoms with Crippen LogP contribution in [0.15, 0.2) is 0 Å². The summed E-state index contributed by atoms with van der Waals surface area (Å²) >= 11 is 0. The molecule has 0 saturated carbocycles. The van der Waals surface area contributed by atoms with E-state index in [0.717, 1.165) is 6.42 Å². The summed E-state index contributed by atoms with van der Waals surface area (Å²) < 4.78 is 5.18. The lowest BCUT2D eigenvalue weighted by Crippen LogP contribution is -2.54. The van der Waals surface area contributed by atoms with Crippen molar-refractivity contribution in [1.82, 2.24) is 5.32 Å². The molecule has 1 aliphatic rings. The summed E-state index contributed by atoms with van der Waals surface area (Å²) in [5.74, 6) is -1.34. The fourth-order valence-electron chi connectivity index (χ4n) is 1.43. The number of amides is 1. The van der Waals surface area contributed by atoms with Crippen LogP contribution in [0.5, 0.6) is 0 Å². The number of nitrogens with one attached hydrogen (secondary N) is 1. The third kappa shape index (κ3) is 2.68. The second-order valence-electron chi connectivity index (χ2n) is 3.98. The maximum atomic E-state index is 11.6. The molecule has 1 amide bonds. The quantitative estimate of drug-likeness (QED) is 0.717. The molecule has 86 valence electrons. The maximum absolute atomic E-state index is 11.6. The van der Waals surface area contributed by atoms with Crippen molar-refractivity contribution < 1.29 is 19.4 Å². The van der Waals surface area contributed by atoms with Gasteiger partial charge in [0.2, 0.25) is 5.91 Å². The molecule has 0 aliphatic carbocycles. The summed E-state index contributed by atoms with van der Waals surface area (Å²) in [6, 6.07) is 0. The average Bonchev–Trinajstić information content (AvgIpc) is 2.70. The Kier molecular flexibility index (Phi) is 3.68. The van der Waals surface area contributed by atoms with Gasteiger partial charge >= 0.3 is 5.97 Å². The van der Waals surface area contributed by atoms with Crippen LogP contribution in [0.2, 0.25) is 0 Å². The van der Waals surface area contributed by atoms with Crippen LogP contribution in [0.1, 0.15) is 33.1 Å². The first-order chi connectivity index (χ1) is 6.99. The molecule has 2 N–H and O–H groups in total. The second kappa shape index (κ2) is 4.61. The van der Waals surface area contributed by atoms with E-state index in [1.807, 2.05) is 0 Å². The summed E-state index contributed by atoms with van der Waals surface area (Å²) in [4.78, 5) is 22.6. The lowest BCUT2D eigenvalue weighted by atomic mass is 9.98. The monoisotopic (exact) mass is 215 g/mol. The van der Waals surface area contributed by atoms with E-state index in [1.54, 1.807) is 6.92 Å². The molecule has 1 saturated heterocycles. The van der Waals surface area contributed by atoms with Gasteiger partial charge in [-0.2, -0.15) is 0 Å². The number of hydrogen-bond acceptors (Lipinski definition) is 3. The van der Waals surface area contributed by atoms with Crippen LogP contribution in [-0.4, -0.2) is 35.2 Å². The SMILES string of the molecule is CCC(C)(NC(=O)[C@@H]1CCCO1)C(=O)O. The van der Waals surface area contributed by atoms with E-state index in [9.17, 15) is 9.59 Å². The predicted molar refractivity (Wildman–Crippen MR) is 53.4 cm³/mol. The molecule has 1 aliphatic heterocycles. The topological polar surface area (TPSA) is 75.6 Å². The molecule has 0 radical (unpaired) electrons. The minimum Gasteiger partial charge on any atom is -0.480 e. The third-order valence-electron chi connectivity index (χ3n) is 2.80. The predicted octanol–water partition coefficient (Wildman–Crippen LogP) is 0.535. The molecule has 0 aromatic rings. The number of carboxylic acid groups (broad SMARTS) is 1. The molecule has 0 aromatic heterocycles. The van der Waals surface area contributed by atoms with E-state index in [-0.39, 0.29) is 5.91 Å². The van der Waals surface area contributed by atoms with Crippen LogP contribution < -0.4 is 5.32 Å². The number of hydrogen-bond donors (Lipinski definition) is 2. The van der Waals surface area contributed by atoms with Crippen molar-refractivity contribution in [3.63, 3.8) is 0 Å². The van der Waals surface area contributed by atoms with Crippen LogP contribution in [-0.2, 0) is 14.3 Å². The lowest BCUT2D eigenvalue weighted by molar-refractivity contribution is -0.148. The first-order valence-corrected chi connectivity index (χ1v) is 5.16. The summed E-state index contributed by atoms with van der Waals surface area (Å²) in [6.07, 6.45) is 1.40. The fourth-order valence-corrected chi connectivity index (χ4v) is 1.43. The van der Waals surface area contributed by atoms with E-state index >= 15 is 0 Å². The molecule has 0 bridgehead atoms. The van der Waals surface area contributed by atoms with Crippen molar-refractivity contribution in [2.75, 3.05) is 6.61 Å². The van der Waals surface area contributed by atoms with Gasteiger partial charge in [-0.3, -0.25) is 4.79 Å². The van der Waals surface area contributed by atoms with Gasteiger partial charge in [-0.25, -0.2) is 4.79 Å². The van der Waals surface area contributed by atoms with Gasteiger partial charge in [-0.1, -0.05) is 6.92 Å². The van der Waals surface area contributed by atoms with Crippen molar-refractivity contribution in [3.05, 3.63) is 0 Å². The zero-order valence-corrected chi connectivity index (χ0v) is 9.08. The highest BCUT2D eigenvalue weighted by Gasteiger charge is 2.35. The molecule has 2 atom stereocenters. The average molecular weight is 215 g/mol. The Balaban J connectivity index is 2.58. The minimum absolute atomic E-state index is 0.320. The number of carbonyl (C=O) groups is 2. The summed E-state index contributed by atoms with van der Waals surface area (Å²) in [6.45, 7) is 3.81. The molecule has 15 heavy (non-hydrogen) atoms. The van der Waals surface area contributed by atoms with Crippen LogP contribution in [0.25, 0.3) is 0 Å². The Morgan fingerprint density at radius 2 is 2.27 bits per heavy atom. The Labute approximate surface area is 88.8 Å². The minimum atomic E-state index is -1.19. The van der Waals surface area contributed by atoms with Crippen LogP contribution in [0.3, 0.4) is 0 Å². The standard InChI is InChI=1S/C10H17NO4/c1-3-10(2,9(13)14)11-8(12)7-5-4-6-15-7/h7H,3-6H2,1-2H3,(H,11,12)(H,13,14)/t7-,10?/m0/s1. The molecule has 0 aromatic carbocycles. The van der Waals surface area contributed by atoms with Crippen LogP contribution in [0.4, 0.5) is 0 Å². The number of carboxylic acids is 1. The lowest BCUT2D eigenvalue weighted by Gasteiger charge is -2.25. The largest absolute Gasteiger partial charge is 0.480 e. The number of ether oxygens (including phenoxy) is 1. The molecule has 5 nitrogen and oxygen atoms in total. The molecular formula is C10H17NO4. The Bertz CT molecular complexity index is 260. The molecule has 1 rings (SSSR count). The summed E-state index contributed by atoms with van der Waals surface area (Å²) in [5.41, 5.74) is -1.19. The third-order valence-corrected chi connectivity index (χ3v) is 2.80. The Morgan fingerprint density at radius 1 is 1.60 bits per heavy atom. The normalized spacial score (nSPS) is 24.5. The van der Waals surface area contributed by atoms with Gasteiger partial charge in [0.25, 0.3) is 0 Å². The van der Waals surface area contributed by atoms with E-state index in [1.165, 1.54) is 6.92 Å². The van der Waals surface area contributed by atoms with Gasteiger partial charge in [0.05, 0.1) is 0 Å². The Morgan fingerprint density at radius 3 is 2.67 bits per heavy atom. The molecule has 1 unspecified atom stereocenters. The molecular weight excluding hydrogens is 198 g/mol. The van der Waals surface area contributed by atoms with Crippen molar-refractivity contribution in [1.29, 1.82) is 0 Å². The van der Waals surface area contributed by atoms with E-state index in [4.69, 9.17) is 9.84 Å². The van der Waals surface area contributed by atoms with E-state index in [2.05, 4.69) is 5.32 Å². The first kappa shape index (κ1) is 12.0. The Hall–Kier alpha value is -1.10. The first-order valence-electron chi connectivity index (χ1n) is 5.16. The van der Waals surface area contributed by atoms with Gasteiger partial charge in [-0.05, 0) is 26.2 Å². The van der Waals surface area contributed by atoms with E-state index in [0.29, 0.717) is 19.4 Å². The highest BCUT2D eigenvalue weighted by molar-refractivity contribution is 5.88. The van der Waals surface area contributed by atoms with Gasteiger partial charge in [0.15, 0.2) is 0 Å². The number of rotatable bonds is 4. The highest BCUT2D eigenvalue weighted by atomic mass is 16.5. The highest BCUT2D eigenvalue weighted by Crippen LogP contribution is 2.15.